The highest BCUT2D eigenvalue weighted by Crippen LogP contribution is 2.30. The lowest BCUT2D eigenvalue weighted by Crippen LogP contribution is -2.55. The van der Waals surface area contributed by atoms with Crippen LogP contribution >= 0.6 is 0 Å². The first-order valence-corrected chi connectivity index (χ1v) is 6.93. The Morgan fingerprint density at radius 2 is 2.00 bits per heavy atom. The number of amidine groups is 1. The second kappa shape index (κ2) is 4.49. The summed E-state index contributed by atoms with van der Waals surface area (Å²) in [7, 11) is -3.29. The van der Waals surface area contributed by atoms with Crippen LogP contribution in [0.5, 0.6) is 0 Å². The van der Waals surface area contributed by atoms with Gasteiger partial charge in [-0.2, -0.15) is 0 Å². The Labute approximate surface area is 91.0 Å². The van der Waals surface area contributed by atoms with Gasteiger partial charge in [0, 0.05) is 0 Å². The molecule has 0 saturated heterocycles. The van der Waals surface area contributed by atoms with Gasteiger partial charge in [0.2, 0.25) is 10.0 Å². The molecule has 0 amide bonds. The molecular weight excluding hydrogens is 214 g/mol. The maximum Gasteiger partial charge on any atom is 0.212 e. The van der Waals surface area contributed by atoms with Crippen LogP contribution in [0.25, 0.3) is 0 Å². The molecule has 15 heavy (non-hydrogen) atoms. The molecule has 0 aromatic rings. The van der Waals surface area contributed by atoms with Crippen molar-refractivity contribution in [1.82, 2.24) is 4.72 Å². The van der Waals surface area contributed by atoms with Crippen molar-refractivity contribution in [3.8, 4) is 0 Å². The van der Waals surface area contributed by atoms with E-state index in [1.165, 1.54) is 0 Å². The van der Waals surface area contributed by atoms with Crippen LogP contribution in [-0.4, -0.2) is 25.5 Å². The first-order valence-electron chi connectivity index (χ1n) is 5.28. The standard InChI is InChI=1S/C9H19N3O2S/c1-2-7-15(13,14)12-9(8(10)11)5-3-4-6-9/h12H,2-7H2,1H3,(H3,10,11). The maximum absolute atomic E-state index is 11.6. The van der Waals surface area contributed by atoms with Gasteiger partial charge >= 0.3 is 0 Å². The Kier molecular flexibility index (Phi) is 3.72. The van der Waals surface area contributed by atoms with Crippen LogP contribution in [0.15, 0.2) is 0 Å². The Balaban J connectivity index is 2.80. The second-order valence-electron chi connectivity index (χ2n) is 4.12. The summed E-state index contributed by atoms with van der Waals surface area (Å²) in [5, 5.41) is 7.50. The molecule has 1 rings (SSSR count). The van der Waals surface area contributed by atoms with Crippen molar-refractivity contribution in [2.24, 2.45) is 5.73 Å². The fraction of sp³-hybridized carbons (Fsp3) is 0.889. The van der Waals surface area contributed by atoms with Crippen molar-refractivity contribution in [3.05, 3.63) is 0 Å². The van der Waals surface area contributed by atoms with E-state index in [1.54, 1.807) is 0 Å². The first-order chi connectivity index (χ1) is 6.92. The Morgan fingerprint density at radius 3 is 2.40 bits per heavy atom. The molecule has 1 aliphatic rings. The van der Waals surface area contributed by atoms with Crippen molar-refractivity contribution < 1.29 is 8.42 Å². The predicted octanol–water partition coefficient (Wildman–Crippen LogP) is 0.565. The van der Waals surface area contributed by atoms with E-state index < -0.39 is 15.6 Å². The van der Waals surface area contributed by atoms with Crippen molar-refractivity contribution in [2.75, 3.05) is 5.75 Å². The molecule has 0 aromatic carbocycles. The van der Waals surface area contributed by atoms with Gasteiger partial charge in [-0.25, -0.2) is 13.1 Å². The predicted molar refractivity (Wildman–Crippen MR) is 60.3 cm³/mol. The van der Waals surface area contributed by atoms with Crippen LogP contribution in [0, 0.1) is 5.41 Å². The lowest BCUT2D eigenvalue weighted by atomic mass is 9.98. The van der Waals surface area contributed by atoms with E-state index in [-0.39, 0.29) is 11.6 Å². The van der Waals surface area contributed by atoms with Crippen LogP contribution in [0.3, 0.4) is 0 Å². The number of hydrogen-bond donors (Lipinski definition) is 3. The van der Waals surface area contributed by atoms with E-state index in [9.17, 15) is 8.42 Å². The summed E-state index contributed by atoms with van der Waals surface area (Å²) in [6.45, 7) is 1.81. The Morgan fingerprint density at radius 1 is 1.47 bits per heavy atom. The summed E-state index contributed by atoms with van der Waals surface area (Å²) >= 11 is 0. The molecule has 0 atom stereocenters. The summed E-state index contributed by atoms with van der Waals surface area (Å²) in [4.78, 5) is 0. The SMILES string of the molecule is CCCS(=O)(=O)NC1(C(=N)N)CCCC1. The van der Waals surface area contributed by atoms with Crippen LogP contribution in [0.2, 0.25) is 0 Å². The highest BCUT2D eigenvalue weighted by Gasteiger charge is 2.40. The molecule has 0 aliphatic heterocycles. The molecule has 0 aromatic heterocycles. The minimum absolute atomic E-state index is 0.0559. The molecule has 0 bridgehead atoms. The third kappa shape index (κ3) is 2.92. The van der Waals surface area contributed by atoms with Crippen molar-refractivity contribution >= 4 is 15.9 Å². The summed E-state index contributed by atoms with van der Waals surface area (Å²) in [5.74, 6) is 0.0434. The summed E-state index contributed by atoms with van der Waals surface area (Å²) in [6.07, 6.45) is 3.71. The van der Waals surface area contributed by atoms with E-state index in [4.69, 9.17) is 11.1 Å². The van der Waals surface area contributed by atoms with E-state index >= 15 is 0 Å². The Bertz CT molecular complexity index is 331. The van der Waals surface area contributed by atoms with Crippen LogP contribution in [0.4, 0.5) is 0 Å². The zero-order valence-electron chi connectivity index (χ0n) is 9.04. The highest BCUT2D eigenvalue weighted by molar-refractivity contribution is 7.89. The zero-order chi connectivity index (χ0) is 11.5. The summed E-state index contributed by atoms with van der Waals surface area (Å²) < 4.78 is 25.9. The zero-order valence-corrected chi connectivity index (χ0v) is 9.86. The highest BCUT2D eigenvalue weighted by atomic mass is 32.2. The normalized spacial score (nSPS) is 20.3. The number of hydrogen-bond acceptors (Lipinski definition) is 3. The van der Waals surface area contributed by atoms with Gasteiger partial charge in [-0.15, -0.1) is 0 Å². The number of nitrogens with two attached hydrogens (primary N) is 1. The number of sulfonamides is 1. The first kappa shape index (κ1) is 12.4. The third-order valence-electron chi connectivity index (χ3n) is 2.80. The van der Waals surface area contributed by atoms with Gasteiger partial charge < -0.3 is 5.73 Å². The molecule has 6 heteroatoms. The minimum atomic E-state index is -3.29. The van der Waals surface area contributed by atoms with Gasteiger partial charge in [0.05, 0.1) is 11.3 Å². The van der Waals surface area contributed by atoms with Gasteiger partial charge in [-0.1, -0.05) is 19.8 Å². The van der Waals surface area contributed by atoms with Gasteiger partial charge in [0.1, 0.15) is 5.84 Å². The van der Waals surface area contributed by atoms with Gasteiger partial charge in [-0.3, -0.25) is 5.41 Å². The minimum Gasteiger partial charge on any atom is -0.386 e. The average molecular weight is 233 g/mol. The summed E-state index contributed by atoms with van der Waals surface area (Å²) in [5.41, 5.74) is 4.69. The maximum atomic E-state index is 11.6. The molecular formula is C9H19N3O2S. The molecule has 0 heterocycles. The fourth-order valence-electron chi connectivity index (χ4n) is 2.02. The van der Waals surface area contributed by atoms with Gasteiger partial charge in [0.25, 0.3) is 0 Å². The third-order valence-corrected chi connectivity index (χ3v) is 4.44. The molecule has 1 saturated carbocycles. The van der Waals surface area contributed by atoms with E-state index in [0.717, 1.165) is 12.8 Å². The van der Waals surface area contributed by atoms with Gasteiger partial charge in [0.15, 0.2) is 0 Å². The van der Waals surface area contributed by atoms with Gasteiger partial charge in [-0.05, 0) is 19.3 Å². The molecule has 4 N–H and O–H groups in total. The Hall–Kier alpha value is -0.620. The topological polar surface area (TPSA) is 96.0 Å². The number of rotatable bonds is 5. The molecule has 0 radical (unpaired) electrons. The van der Waals surface area contributed by atoms with Crippen LogP contribution in [-0.2, 0) is 10.0 Å². The molecule has 5 nitrogen and oxygen atoms in total. The van der Waals surface area contributed by atoms with E-state index in [1.807, 2.05) is 6.92 Å². The lowest BCUT2D eigenvalue weighted by molar-refractivity contribution is 0.496. The lowest BCUT2D eigenvalue weighted by Gasteiger charge is -2.28. The number of nitrogens with one attached hydrogen (secondary N) is 2. The summed E-state index contributed by atoms with van der Waals surface area (Å²) in [6, 6.07) is 0. The van der Waals surface area contributed by atoms with E-state index in [2.05, 4.69) is 4.72 Å². The van der Waals surface area contributed by atoms with Crippen molar-refractivity contribution in [1.29, 1.82) is 5.41 Å². The molecule has 88 valence electrons. The largest absolute Gasteiger partial charge is 0.386 e. The second-order valence-corrected chi connectivity index (χ2v) is 5.97. The molecule has 1 aliphatic carbocycles. The fourth-order valence-corrected chi connectivity index (χ4v) is 3.57. The monoisotopic (exact) mass is 233 g/mol. The quantitative estimate of drug-likeness (QED) is 0.478. The van der Waals surface area contributed by atoms with Crippen molar-refractivity contribution in [3.63, 3.8) is 0 Å². The molecule has 0 spiro atoms. The molecule has 1 fully saturated rings. The van der Waals surface area contributed by atoms with Crippen LogP contribution in [0.1, 0.15) is 39.0 Å². The van der Waals surface area contributed by atoms with E-state index in [0.29, 0.717) is 19.3 Å². The smallest absolute Gasteiger partial charge is 0.212 e. The molecule has 0 unspecified atom stereocenters. The average Bonchev–Trinajstić information content (AvgIpc) is 2.52. The van der Waals surface area contributed by atoms with Crippen molar-refractivity contribution in [2.45, 2.75) is 44.6 Å². The van der Waals surface area contributed by atoms with Crippen LogP contribution < -0.4 is 10.5 Å².